The second kappa shape index (κ2) is 56.5. The van der Waals surface area contributed by atoms with Crippen LogP contribution in [0.5, 0.6) is 23.0 Å². The van der Waals surface area contributed by atoms with E-state index in [9.17, 15) is 41.5 Å². The minimum absolute atomic E-state index is 0. The van der Waals surface area contributed by atoms with E-state index in [1.807, 2.05) is 54.6 Å². The van der Waals surface area contributed by atoms with Crippen LogP contribution in [0.2, 0.25) is 20.1 Å². The molecular weight excluding hydrogens is 2020 g/mol. The Balaban J connectivity index is 0.000000283. The predicted octanol–water partition coefficient (Wildman–Crippen LogP) is 22.4. The summed E-state index contributed by atoms with van der Waals surface area (Å²) in [5.74, 6) is 5.17. The molecule has 0 saturated carbocycles. The van der Waals surface area contributed by atoms with Gasteiger partial charge in [-0.15, -0.1) is 36.2 Å². The Bertz CT molecular complexity index is 6110. The average Bonchev–Trinajstić information content (AvgIpc) is 0.803. The van der Waals surface area contributed by atoms with E-state index in [-0.39, 0.29) is 68.6 Å². The van der Waals surface area contributed by atoms with Crippen molar-refractivity contribution in [2.45, 2.75) is 43.4 Å². The number of alkyl halides is 1. The van der Waals surface area contributed by atoms with E-state index in [4.69, 9.17) is 85.6 Å². The van der Waals surface area contributed by atoms with Gasteiger partial charge in [0.2, 0.25) is 10.2 Å². The SMILES string of the molecule is C.C.CCOC(=O)CBr.CCOC(=O)CSc1cc2c(Nc3ccc(F)c(Cl)c3)ncnc2cc1OC.CO.COc1cc2ncnc(Nc3ccc(F)c(Cl)c3)c2cc1I.COc1cc2ncnc(Nc3ccc(F)c(Cl)c3)c2cc1SC(=O)c1ccccc1.COc1cc2ncnc(Nc3ccc(F)c(Cl)c3)c2cc1SCC(=O)NO.NO.O=C(S)c1ccccc1. The zero-order valence-corrected chi connectivity index (χ0v) is 77.7. The summed E-state index contributed by atoms with van der Waals surface area (Å²) < 4.78 is 85.4. The smallest absolute Gasteiger partial charge is 0.316 e. The molecule has 0 aliphatic heterocycles. The number of thioether (sulfide) groups is 3. The van der Waals surface area contributed by atoms with Crippen LogP contribution in [-0.2, 0) is 23.9 Å². The van der Waals surface area contributed by atoms with Crippen LogP contribution in [0.1, 0.15) is 49.4 Å². The number of benzene rings is 10. The third kappa shape index (κ3) is 32.9. The molecule has 4 aromatic heterocycles. The molecule has 0 saturated heterocycles. The van der Waals surface area contributed by atoms with E-state index in [2.05, 4.69) is 123 Å². The minimum Gasteiger partial charge on any atom is -0.496 e. The van der Waals surface area contributed by atoms with Crippen LogP contribution < -0.4 is 51.6 Å². The Kier molecular flexibility index (Phi) is 47.5. The van der Waals surface area contributed by atoms with Crippen molar-refractivity contribution < 1.29 is 85.5 Å². The lowest BCUT2D eigenvalue weighted by Crippen LogP contribution is -2.20. The molecule has 0 radical (unpaired) electrons. The van der Waals surface area contributed by atoms with Gasteiger partial charge in [-0.2, -0.15) is 0 Å². The molecule has 129 heavy (non-hydrogen) atoms. The van der Waals surface area contributed by atoms with Gasteiger partial charge in [-0.05, 0) is 145 Å². The lowest BCUT2D eigenvalue weighted by Gasteiger charge is -2.13. The number of nitrogens with zero attached hydrogens (tertiary/aromatic N) is 8. The number of methoxy groups -OCH3 is 4. The fourth-order valence-electron chi connectivity index (χ4n) is 10.5. The molecule has 0 atom stereocenters. The van der Waals surface area contributed by atoms with E-state index in [0.29, 0.717) is 130 Å². The molecule has 1 amide bonds. The molecule has 0 aliphatic rings. The van der Waals surface area contributed by atoms with Gasteiger partial charge < -0.3 is 60.0 Å². The second-order valence-electron chi connectivity index (χ2n) is 24.3. The van der Waals surface area contributed by atoms with Gasteiger partial charge in [0, 0.05) is 86.8 Å². The molecule has 14 rings (SSSR count). The molecule has 10 aromatic carbocycles. The normalized spacial score (nSPS) is 10.1. The summed E-state index contributed by atoms with van der Waals surface area (Å²) >= 11 is 35.7. The molecule has 10 N–H and O–H groups in total. The number of amides is 1. The van der Waals surface area contributed by atoms with Gasteiger partial charge in [-0.1, -0.05) is 138 Å². The highest BCUT2D eigenvalue weighted by atomic mass is 127. The maximum absolute atomic E-state index is 13.5. The van der Waals surface area contributed by atoms with Crippen LogP contribution >= 0.6 is 133 Å². The van der Waals surface area contributed by atoms with Crippen LogP contribution in [0.25, 0.3) is 43.6 Å². The summed E-state index contributed by atoms with van der Waals surface area (Å²) in [7, 11) is 7.22. The fourth-order valence-corrected chi connectivity index (χ4v) is 14.7. The number of halogens is 10. The minimum atomic E-state index is -0.536. The highest BCUT2D eigenvalue weighted by Crippen LogP contribution is 2.41. The number of aliphatic hydroxyl groups is 1. The summed E-state index contributed by atoms with van der Waals surface area (Å²) in [5.41, 5.74) is 7.85. The Morgan fingerprint density at radius 3 is 1.05 bits per heavy atom. The van der Waals surface area contributed by atoms with Gasteiger partial charge >= 0.3 is 11.9 Å². The number of esters is 2. The molecule has 0 unspecified atom stereocenters. The van der Waals surface area contributed by atoms with E-state index in [0.717, 1.165) is 49.4 Å². The van der Waals surface area contributed by atoms with Crippen molar-refractivity contribution in [3.8, 4) is 23.0 Å². The topological polar surface area (TPSA) is 391 Å². The number of thiol groups is 1. The zero-order chi connectivity index (χ0) is 92.7. The molecule has 680 valence electrons. The van der Waals surface area contributed by atoms with Crippen LogP contribution in [-0.4, -0.2) is 149 Å². The van der Waals surface area contributed by atoms with Crippen molar-refractivity contribution in [1.82, 2.24) is 45.4 Å². The second-order valence-corrected chi connectivity index (χ2v) is 31.1. The van der Waals surface area contributed by atoms with Crippen molar-refractivity contribution in [3.63, 3.8) is 0 Å². The molecule has 14 aromatic rings. The Labute approximate surface area is 799 Å². The molecule has 0 aliphatic carbocycles. The van der Waals surface area contributed by atoms with Gasteiger partial charge in [-0.25, -0.2) is 68.8 Å². The van der Waals surface area contributed by atoms with E-state index in [1.54, 1.807) is 120 Å². The van der Waals surface area contributed by atoms with Crippen LogP contribution in [0, 0.1) is 26.8 Å². The largest absolute Gasteiger partial charge is 0.496 e. The summed E-state index contributed by atoms with van der Waals surface area (Å²) in [4.78, 5) is 92.5. The molecule has 0 spiro atoms. The van der Waals surface area contributed by atoms with Crippen molar-refractivity contribution in [2.24, 2.45) is 5.90 Å². The summed E-state index contributed by atoms with van der Waals surface area (Å²) in [5, 5.41) is 37.6. The summed E-state index contributed by atoms with van der Waals surface area (Å²) in [6, 6.07) is 49.7. The average molecular weight is 2100 g/mol. The first-order valence-electron chi connectivity index (χ1n) is 36.4. The number of aliphatic hydroxyl groups excluding tert-OH is 1. The van der Waals surface area contributed by atoms with Crippen molar-refractivity contribution in [3.05, 3.63) is 265 Å². The molecule has 0 fully saturated rings. The van der Waals surface area contributed by atoms with Crippen molar-refractivity contribution in [1.29, 1.82) is 0 Å². The standard InChI is InChI=1S/C22H15ClFN3O2S.C19H17ClFN3O3S.C17H14ClFN4O3S.C15H10ClFIN3O.C7H6OS.C4H7BrO2.CH4O.2CH4.H3NO/c1-29-19-11-18-15(10-20(19)30-22(28)13-5-3-2-4-6-13)21(26-12-25-18)27-14-7-8-17(24)16(23)9-14;1-3-27-18(25)9-28-17-7-12-15(8-16(17)26-2)22-10-23-19(12)24-11-4-5-14(21)13(20)6-11;1-26-14-6-13-10(5-15(14)27-7-16(24)23-25)17(21-8-20-13)22-9-2-3-12(19)11(18)4-9;1-22-14-6-13-9(5-12(14)18)15(20-7-19-13)21-8-2-3-11(17)10(16)4-8;8-7(9)6-4-2-1-3-5-6;1-2-7-4(6)3-5;1-2;;;1-2/h2-12H,1H3,(H,25,26,27);4-8,10H,3,9H2,1-2H3,(H,22,23,24);2-6,8,25H,7H2,1H3,(H,23,24)(H,20,21,22);2-7H,1H3,(H,19,20,21);1-5H,(H,8,9);2-3H2,1H3;2H,1H3;2*1H4;2H,1H2. The number of carbonyl (C=O) groups is 5. The monoisotopic (exact) mass is 2100 g/mol. The maximum Gasteiger partial charge on any atom is 0.316 e. The lowest BCUT2D eigenvalue weighted by molar-refractivity contribution is -0.140. The van der Waals surface area contributed by atoms with Crippen LogP contribution in [0.4, 0.5) is 63.6 Å². The number of hydroxylamine groups is 1. The summed E-state index contributed by atoms with van der Waals surface area (Å²) in [6.07, 6.45) is 5.68. The fraction of sp³-hybridized carbons (Fsp3) is 0.161. The number of ether oxygens (including phenoxy) is 6. The van der Waals surface area contributed by atoms with Gasteiger partial charge in [0.1, 0.15) is 100 Å². The van der Waals surface area contributed by atoms with E-state index >= 15 is 0 Å². The third-order valence-corrected chi connectivity index (χ3v) is 21.9. The number of hydrogen-bond donors (Lipinski definition) is 10. The van der Waals surface area contributed by atoms with Gasteiger partial charge in [0.15, 0.2) is 0 Å². The molecule has 28 nitrogen and oxygen atoms in total. The van der Waals surface area contributed by atoms with Gasteiger partial charge in [0.25, 0.3) is 5.91 Å². The van der Waals surface area contributed by atoms with Gasteiger partial charge in [-0.3, -0.25) is 29.2 Å². The molecule has 0 bridgehead atoms. The van der Waals surface area contributed by atoms with Crippen LogP contribution in [0.15, 0.2) is 222 Å². The van der Waals surface area contributed by atoms with Gasteiger partial charge in [0.05, 0.1) is 114 Å². The first-order chi connectivity index (χ1) is 61.3. The summed E-state index contributed by atoms with van der Waals surface area (Å²) in [6.45, 7) is 4.33. The van der Waals surface area contributed by atoms with Crippen molar-refractivity contribution >= 4 is 251 Å². The Morgan fingerprint density at radius 1 is 0.442 bits per heavy atom. The molecular formula is C87H84BrCl4F4IN14O14S4. The number of rotatable bonds is 24. The number of aromatic nitrogens is 8. The number of hydrogen-bond acceptors (Lipinski definition) is 30. The molecule has 42 heteroatoms. The highest BCUT2D eigenvalue weighted by molar-refractivity contribution is 14.1. The number of fused-ring (bicyclic) bond motifs is 4. The number of carbonyl (C=O) groups excluding carboxylic acids is 5. The number of anilines is 8. The maximum atomic E-state index is 13.5. The van der Waals surface area contributed by atoms with E-state index < -0.39 is 29.2 Å². The van der Waals surface area contributed by atoms with Crippen LogP contribution in [0.3, 0.4) is 0 Å². The quantitative estimate of drug-likeness (QED) is 0.00392. The first kappa shape index (κ1) is 109. The van der Waals surface area contributed by atoms with Crippen molar-refractivity contribution in [2.75, 3.05) is 86.9 Å². The Hall–Kier alpha value is -11.0. The third-order valence-electron chi connectivity index (χ3n) is 16.2. The molecule has 4 heterocycles. The highest BCUT2D eigenvalue weighted by Gasteiger charge is 2.20. The zero-order valence-electron chi connectivity index (χ0n) is 67.6. The first-order valence-corrected chi connectivity index (χ1v) is 43.4. The lowest BCUT2D eigenvalue weighted by atomic mass is 10.2. The number of nitrogens with one attached hydrogen (secondary N) is 5. The van der Waals surface area contributed by atoms with E-state index in [1.165, 1.54) is 104 Å². The number of nitrogens with two attached hydrogens (primary N) is 1. The predicted molar refractivity (Wildman–Crippen MR) is 518 cm³/mol. The Morgan fingerprint density at radius 2 is 0.752 bits per heavy atom.